The zero-order valence-corrected chi connectivity index (χ0v) is 8.46. The summed E-state index contributed by atoms with van der Waals surface area (Å²) in [4.78, 5) is 0. The Bertz CT molecular complexity index is 122. The van der Waals surface area contributed by atoms with Crippen molar-refractivity contribution in [3.8, 4) is 0 Å². The first kappa shape index (κ1) is 10.1. The van der Waals surface area contributed by atoms with E-state index in [4.69, 9.17) is 4.74 Å². The Balaban J connectivity index is 3.90. The lowest BCUT2D eigenvalue weighted by molar-refractivity contribution is 0.333. The zero-order chi connectivity index (χ0) is 8.20. The molecule has 0 unspecified atom stereocenters. The van der Waals surface area contributed by atoms with Gasteiger partial charge in [0.1, 0.15) is 0 Å². The third-order valence-electron chi connectivity index (χ3n) is 0.846. The molecule has 0 atom stereocenters. The van der Waals surface area contributed by atoms with Gasteiger partial charge in [0.2, 0.25) is 0 Å². The van der Waals surface area contributed by atoms with Crippen LogP contribution in [0.2, 0.25) is 0 Å². The maximum Gasteiger partial charge on any atom is 0.0720 e. The molecular weight excluding hydrogens is 143 g/mol. The molecule has 2 heteroatoms. The monoisotopic (exact) mass is 160 g/mol. The fourth-order valence-electron chi connectivity index (χ4n) is 0.714. The molecule has 60 valence electrons. The van der Waals surface area contributed by atoms with Crippen molar-refractivity contribution in [3.05, 3.63) is 0 Å². The van der Waals surface area contributed by atoms with Crippen LogP contribution >= 0.6 is 8.20 Å². The van der Waals surface area contributed by atoms with E-state index in [1.165, 1.54) is 8.20 Å². The van der Waals surface area contributed by atoms with E-state index in [2.05, 4.69) is 20.8 Å². The Labute approximate surface area is 65.6 Å². The molecule has 0 aliphatic heterocycles. The van der Waals surface area contributed by atoms with Gasteiger partial charge in [-0.05, 0) is 13.8 Å². The van der Waals surface area contributed by atoms with Crippen molar-refractivity contribution < 1.29 is 4.74 Å². The van der Waals surface area contributed by atoms with Gasteiger partial charge in [-0.15, -0.1) is 0 Å². The van der Waals surface area contributed by atoms with Crippen molar-refractivity contribution in [2.24, 2.45) is 0 Å². The van der Waals surface area contributed by atoms with Gasteiger partial charge in [0, 0.05) is 5.16 Å². The van der Waals surface area contributed by atoms with Gasteiger partial charge >= 0.3 is 0 Å². The highest BCUT2D eigenvalue weighted by Crippen LogP contribution is 2.23. The summed E-state index contributed by atoms with van der Waals surface area (Å²) in [5, 5.41) is 0.333. The van der Waals surface area contributed by atoms with Crippen LogP contribution in [0.25, 0.3) is 0 Å². The topological polar surface area (TPSA) is 9.23 Å². The molecule has 0 radical (unpaired) electrons. The Kier molecular flexibility index (Phi) is 4.15. The van der Waals surface area contributed by atoms with E-state index in [1.54, 1.807) is 0 Å². The molecule has 0 spiro atoms. The molecule has 0 aromatic carbocycles. The first-order valence-electron chi connectivity index (χ1n) is 3.65. The number of hydrogen-bond donors (Lipinski definition) is 0. The molecule has 0 aromatic heterocycles. The van der Waals surface area contributed by atoms with Crippen LogP contribution < -0.4 is 0 Å². The molecule has 0 aliphatic rings. The molecule has 0 amide bonds. The maximum absolute atomic E-state index is 5.32. The van der Waals surface area contributed by atoms with Crippen LogP contribution in [-0.2, 0) is 4.74 Å². The second kappa shape index (κ2) is 4.10. The smallest absolute Gasteiger partial charge is 0.0720 e. The van der Waals surface area contributed by atoms with Crippen molar-refractivity contribution >= 4 is 13.7 Å². The van der Waals surface area contributed by atoms with Gasteiger partial charge < -0.3 is 4.74 Å². The van der Waals surface area contributed by atoms with Crippen LogP contribution in [0.5, 0.6) is 0 Å². The molecule has 0 aliphatic carbocycles. The molecule has 10 heavy (non-hydrogen) atoms. The minimum Gasteiger partial charge on any atom is -0.347 e. The van der Waals surface area contributed by atoms with Crippen LogP contribution in [0, 0.1) is 0 Å². The van der Waals surface area contributed by atoms with Crippen molar-refractivity contribution in [3.63, 3.8) is 0 Å². The molecule has 0 saturated heterocycles. The molecule has 0 rings (SSSR count). The van der Waals surface area contributed by atoms with E-state index < -0.39 is 0 Å². The largest absolute Gasteiger partial charge is 0.347 e. The van der Waals surface area contributed by atoms with Crippen LogP contribution in [0.4, 0.5) is 0 Å². The van der Waals surface area contributed by atoms with Gasteiger partial charge in [-0.1, -0.05) is 29.0 Å². The minimum absolute atomic E-state index is 0.333. The Morgan fingerprint density at radius 2 is 1.90 bits per heavy atom. The van der Waals surface area contributed by atoms with Gasteiger partial charge in [-0.2, -0.15) is 0 Å². The highest BCUT2D eigenvalue weighted by molar-refractivity contribution is 7.41. The Hall–Kier alpha value is 0.130. The lowest BCUT2D eigenvalue weighted by Crippen LogP contribution is -2.06. The number of hydrogen-bond acceptors (Lipinski definition) is 1. The molecule has 0 fully saturated rings. The van der Waals surface area contributed by atoms with E-state index >= 15 is 0 Å². The van der Waals surface area contributed by atoms with Gasteiger partial charge in [-0.25, -0.2) is 0 Å². The molecule has 0 heterocycles. The fourth-order valence-corrected chi connectivity index (χ4v) is 1.85. The SMILES string of the molecule is CCOC(C)=PC(C)(C)C. The quantitative estimate of drug-likeness (QED) is 0.564. The van der Waals surface area contributed by atoms with E-state index in [-0.39, 0.29) is 0 Å². The predicted molar refractivity (Wildman–Crippen MR) is 49.0 cm³/mol. The predicted octanol–water partition coefficient (Wildman–Crippen LogP) is 2.92. The summed E-state index contributed by atoms with van der Waals surface area (Å²) < 4.78 is 5.32. The zero-order valence-electron chi connectivity index (χ0n) is 7.56. The van der Waals surface area contributed by atoms with Crippen LogP contribution in [0.1, 0.15) is 34.6 Å². The normalized spacial score (nSPS) is 13.9. The lowest BCUT2D eigenvalue weighted by Gasteiger charge is -2.12. The third-order valence-corrected chi connectivity index (χ3v) is 1.96. The Morgan fingerprint density at radius 3 is 2.20 bits per heavy atom. The summed E-state index contributed by atoms with van der Waals surface area (Å²) in [6, 6.07) is 0. The van der Waals surface area contributed by atoms with E-state index in [0.29, 0.717) is 5.16 Å². The molecule has 0 bridgehead atoms. The average molecular weight is 160 g/mol. The summed E-state index contributed by atoms with van der Waals surface area (Å²) in [7, 11) is 1.30. The summed E-state index contributed by atoms with van der Waals surface area (Å²) in [6.07, 6.45) is 0. The van der Waals surface area contributed by atoms with Gasteiger partial charge in [-0.3, -0.25) is 0 Å². The van der Waals surface area contributed by atoms with Crippen LogP contribution in [-0.4, -0.2) is 17.2 Å². The molecular formula is C8H17OP. The highest BCUT2D eigenvalue weighted by atomic mass is 31.1. The second-order valence-electron chi connectivity index (χ2n) is 3.23. The van der Waals surface area contributed by atoms with Gasteiger partial charge in [0.25, 0.3) is 0 Å². The van der Waals surface area contributed by atoms with E-state index in [0.717, 1.165) is 12.1 Å². The summed E-state index contributed by atoms with van der Waals surface area (Å²) in [5.74, 6) is 0. The number of ether oxygens (including phenoxy) is 1. The highest BCUT2D eigenvalue weighted by Gasteiger charge is 2.06. The summed E-state index contributed by atoms with van der Waals surface area (Å²) >= 11 is 0. The lowest BCUT2D eigenvalue weighted by atomic mass is 10.3. The van der Waals surface area contributed by atoms with Crippen molar-refractivity contribution in [2.45, 2.75) is 39.8 Å². The van der Waals surface area contributed by atoms with Crippen LogP contribution in [0.3, 0.4) is 0 Å². The van der Waals surface area contributed by atoms with Crippen LogP contribution in [0.15, 0.2) is 0 Å². The third kappa shape index (κ3) is 6.25. The molecule has 1 nitrogen and oxygen atoms in total. The first-order chi connectivity index (χ1) is 4.45. The maximum atomic E-state index is 5.32. The summed E-state index contributed by atoms with van der Waals surface area (Å²) in [5.41, 5.74) is 1.12. The van der Waals surface area contributed by atoms with E-state index in [1.807, 2.05) is 13.8 Å². The fraction of sp³-hybridized carbons (Fsp3) is 0.875. The first-order valence-corrected chi connectivity index (χ1v) is 4.54. The molecule has 0 N–H and O–H groups in total. The van der Waals surface area contributed by atoms with Gasteiger partial charge in [0.15, 0.2) is 0 Å². The Morgan fingerprint density at radius 1 is 1.40 bits per heavy atom. The van der Waals surface area contributed by atoms with E-state index in [9.17, 15) is 0 Å². The minimum atomic E-state index is 0.333. The second-order valence-corrected chi connectivity index (χ2v) is 5.43. The molecule has 0 aromatic rings. The summed E-state index contributed by atoms with van der Waals surface area (Å²) in [6.45, 7) is 11.5. The van der Waals surface area contributed by atoms with Gasteiger partial charge in [0.05, 0.1) is 12.1 Å². The van der Waals surface area contributed by atoms with Crippen molar-refractivity contribution in [2.75, 3.05) is 6.61 Å². The average Bonchev–Trinajstić information content (AvgIpc) is 1.59. The standard InChI is InChI=1S/C8H17OP/c1-6-9-7(2)10-8(3,4)5/h6H2,1-5H3. The van der Waals surface area contributed by atoms with Crippen molar-refractivity contribution in [1.29, 1.82) is 0 Å². The number of rotatable bonds is 2. The van der Waals surface area contributed by atoms with Crippen molar-refractivity contribution in [1.82, 2.24) is 0 Å². The molecule has 0 saturated carbocycles.